The van der Waals surface area contributed by atoms with Crippen molar-refractivity contribution in [3.63, 3.8) is 0 Å². The molecule has 2 aromatic heterocycles. The smallest absolute Gasteiger partial charge is 0.284 e. The predicted octanol–water partition coefficient (Wildman–Crippen LogP) is 1.55. The minimum absolute atomic E-state index is 0.136. The van der Waals surface area contributed by atoms with E-state index >= 15 is 0 Å². The van der Waals surface area contributed by atoms with Gasteiger partial charge in [0.05, 0.1) is 24.6 Å². The van der Waals surface area contributed by atoms with Crippen LogP contribution < -0.4 is 10.9 Å². The quantitative estimate of drug-likeness (QED) is 0.864. The molecule has 0 fully saturated rings. The highest BCUT2D eigenvalue weighted by molar-refractivity contribution is 9.10. The van der Waals surface area contributed by atoms with Gasteiger partial charge in [0, 0.05) is 0 Å². The van der Waals surface area contributed by atoms with Gasteiger partial charge < -0.3 is 9.73 Å². The van der Waals surface area contributed by atoms with E-state index in [4.69, 9.17) is 10.8 Å². The first kappa shape index (κ1) is 13.4. The van der Waals surface area contributed by atoms with E-state index in [9.17, 15) is 4.79 Å². The third-order valence-corrected chi connectivity index (χ3v) is 3.09. The molecule has 0 aliphatic rings. The van der Waals surface area contributed by atoms with Gasteiger partial charge in [0.25, 0.3) is 5.56 Å². The van der Waals surface area contributed by atoms with Gasteiger partial charge in [-0.05, 0) is 22.9 Å². The number of hydrogen-bond donors (Lipinski definition) is 1. The van der Waals surface area contributed by atoms with Gasteiger partial charge in [-0.1, -0.05) is 5.92 Å². The summed E-state index contributed by atoms with van der Waals surface area (Å²) < 4.78 is 6.89. The minimum atomic E-state index is -0.286. The minimum Gasteiger partial charge on any atom is -0.444 e. The number of nitrogens with one attached hydrogen (secondary N) is 1. The average molecular weight is 323 g/mol. The Hall–Kier alpha value is -2.07. The van der Waals surface area contributed by atoms with Gasteiger partial charge in [-0.15, -0.1) is 6.42 Å². The van der Waals surface area contributed by atoms with Crippen LogP contribution in [0, 0.1) is 19.3 Å². The van der Waals surface area contributed by atoms with E-state index in [2.05, 4.69) is 37.2 Å². The highest BCUT2D eigenvalue weighted by atomic mass is 79.9. The molecule has 0 unspecified atom stereocenters. The molecule has 6 nitrogen and oxygen atoms in total. The first-order chi connectivity index (χ1) is 9.11. The van der Waals surface area contributed by atoms with Crippen LogP contribution in [0.15, 0.2) is 26.1 Å². The molecule has 0 saturated carbocycles. The van der Waals surface area contributed by atoms with E-state index < -0.39 is 0 Å². The predicted molar refractivity (Wildman–Crippen MR) is 73.6 cm³/mol. The van der Waals surface area contributed by atoms with Gasteiger partial charge in [0.2, 0.25) is 5.89 Å². The van der Waals surface area contributed by atoms with E-state index in [1.54, 1.807) is 6.20 Å². The van der Waals surface area contributed by atoms with Crippen LogP contribution in [0.5, 0.6) is 0 Å². The molecule has 2 rings (SSSR count). The molecule has 7 heteroatoms. The van der Waals surface area contributed by atoms with E-state index in [0.717, 1.165) is 5.76 Å². The maximum Gasteiger partial charge on any atom is 0.284 e. The van der Waals surface area contributed by atoms with Crippen LogP contribution in [-0.2, 0) is 13.1 Å². The number of nitrogens with zero attached hydrogens (tertiary/aromatic N) is 3. The van der Waals surface area contributed by atoms with Gasteiger partial charge in [-0.3, -0.25) is 4.79 Å². The van der Waals surface area contributed by atoms with Crippen LogP contribution in [-0.4, -0.2) is 14.8 Å². The molecule has 98 valence electrons. The molecule has 0 atom stereocenters. The second-order valence-corrected chi connectivity index (χ2v) is 4.55. The van der Waals surface area contributed by atoms with E-state index in [1.807, 2.05) is 6.92 Å². The molecule has 0 bridgehead atoms. The molecule has 2 aromatic rings. The second kappa shape index (κ2) is 5.71. The highest BCUT2D eigenvalue weighted by Gasteiger charge is 2.09. The summed E-state index contributed by atoms with van der Waals surface area (Å²) in [6, 6.07) is 0. The summed E-state index contributed by atoms with van der Waals surface area (Å²) in [4.78, 5) is 15.9. The third-order valence-electron chi connectivity index (χ3n) is 2.33. The van der Waals surface area contributed by atoms with Crippen LogP contribution in [0.4, 0.5) is 5.69 Å². The molecule has 19 heavy (non-hydrogen) atoms. The fraction of sp³-hybridized carbons (Fsp3) is 0.250. The first-order valence-corrected chi connectivity index (χ1v) is 6.25. The Labute approximate surface area is 118 Å². The van der Waals surface area contributed by atoms with E-state index in [1.165, 1.54) is 10.9 Å². The number of aryl methyl sites for hydroxylation is 1. The largest absolute Gasteiger partial charge is 0.444 e. The number of halogens is 1. The fourth-order valence-corrected chi connectivity index (χ4v) is 1.89. The molecule has 1 N–H and O–H groups in total. The Morgan fingerprint density at radius 2 is 2.37 bits per heavy atom. The lowest BCUT2D eigenvalue weighted by Crippen LogP contribution is -2.24. The molecule has 0 saturated heterocycles. The summed E-state index contributed by atoms with van der Waals surface area (Å²) >= 11 is 3.22. The maximum absolute atomic E-state index is 11.9. The molecule has 0 aromatic carbocycles. The lowest BCUT2D eigenvalue weighted by Gasteiger charge is -2.07. The lowest BCUT2D eigenvalue weighted by molar-refractivity contribution is 0.479. The van der Waals surface area contributed by atoms with E-state index in [0.29, 0.717) is 22.6 Å². The Balaban J connectivity index is 2.16. The molecule has 2 heterocycles. The first-order valence-electron chi connectivity index (χ1n) is 5.46. The van der Waals surface area contributed by atoms with Crippen molar-refractivity contribution in [2.75, 3.05) is 5.32 Å². The van der Waals surface area contributed by atoms with Crippen LogP contribution >= 0.6 is 15.9 Å². The number of anilines is 1. The molecule has 0 radical (unpaired) electrons. The summed E-state index contributed by atoms with van der Waals surface area (Å²) in [5.74, 6) is 3.64. The van der Waals surface area contributed by atoms with E-state index in [-0.39, 0.29) is 12.1 Å². The van der Waals surface area contributed by atoms with Crippen molar-refractivity contribution < 1.29 is 4.42 Å². The fourth-order valence-electron chi connectivity index (χ4n) is 1.44. The number of aromatic nitrogens is 3. The van der Waals surface area contributed by atoms with Gasteiger partial charge in [0.1, 0.15) is 16.8 Å². The van der Waals surface area contributed by atoms with Crippen molar-refractivity contribution in [2.24, 2.45) is 0 Å². The van der Waals surface area contributed by atoms with Crippen molar-refractivity contribution in [3.05, 3.63) is 38.9 Å². The zero-order chi connectivity index (χ0) is 13.8. The summed E-state index contributed by atoms with van der Waals surface area (Å²) in [5.41, 5.74) is 0.278. The Bertz CT molecular complexity index is 684. The Kier molecular flexibility index (Phi) is 4.02. The van der Waals surface area contributed by atoms with Gasteiger partial charge in [-0.2, -0.15) is 5.10 Å². The lowest BCUT2D eigenvalue weighted by atomic mass is 10.4. The number of terminal acetylenes is 1. The summed E-state index contributed by atoms with van der Waals surface area (Å²) in [6.07, 6.45) is 8.31. The second-order valence-electron chi connectivity index (χ2n) is 3.76. The SMILES string of the molecule is C#CCn1ncc(NCc2ncc(C)o2)c(Br)c1=O. The highest BCUT2D eigenvalue weighted by Crippen LogP contribution is 2.17. The van der Waals surface area contributed by atoms with Crippen LogP contribution in [0.2, 0.25) is 0 Å². The van der Waals surface area contributed by atoms with Crippen molar-refractivity contribution in [2.45, 2.75) is 20.0 Å². The van der Waals surface area contributed by atoms with Gasteiger partial charge >= 0.3 is 0 Å². The van der Waals surface area contributed by atoms with Crippen LogP contribution in [0.3, 0.4) is 0 Å². The normalized spacial score (nSPS) is 10.2. The zero-order valence-corrected chi connectivity index (χ0v) is 11.8. The Morgan fingerprint density at radius 1 is 1.58 bits per heavy atom. The van der Waals surface area contributed by atoms with Crippen molar-refractivity contribution >= 4 is 21.6 Å². The van der Waals surface area contributed by atoms with Gasteiger partial charge in [0.15, 0.2) is 0 Å². The summed E-state index contributed by atoms with van der Waals surface area (Å²) in [5, 5.41) is 6.99. The number of rotatable bonds is 4. The summed E-state index contributed by atoms with van der Waals surface area (Å²) in [7, 11) is 0. The molecule has 0 aliphatic heterocycles. The standard InChI is InChI=1S/C12H11BrN4O2/c1-3-4-17-12(18)11(13)9(6-16-17)14-7-10-15-5-8(2)19-10/h1,5-6,14H,4,7H2,2H3. The van der Waals surface area contributed by atoms with Crippen LogP contribution in [0.25, 0.3) is 0 Å². The molecular formula is C12H11BrN4O2. The third kappa shape index (κ3) is 3.03. The monoisotopic (exact) mass is 322 g/mol. The molecule has 0 aliphatic carbocycles. The van der Waals surface area contributed by atoms with Crippen molar-refractivity contribution in [1.82, 2.24) is 14.8 Å². The zero-order valence-electron chi connectivity index (χ0n) is 10.2. The molecule has 0 spiro atoms. The summed E-state index contributed by atoms with van der Waals surface area (Å²) in [6.45, 7) is 2.32. The Morgan fingerprint density at radius 3 is 3.00 bits per heavy atom. The average Bonchev–Trinajstić information content (AvgIpc) is 2.80. The van der Waals surface area contributed by atoms with Crippen molar-refractivity contribution in [1.29, 1.82) is 0 Å². The molecular weight excluding hydrogens is 312 g/mol. The maximum atomic E-state index is 11.9. The number of hydrogen-bond acceptors (Lipinski definition) is 5. The number of oxazole rings is 1. The molecule has 0 amide bonds. The van der Waals surface area contributed by atoms with Crippen molar-refractivity contribution in [3.8, 4) is 12.3 Å². The van der Waals surface area contributed by atoms with Gasteiger partial charge in [-0.25, -0.2) is 9.67 Å². The van der Waals surface area contributed by atoms with Crippen LogP contribution in [0.1, 0.15) is 11.7 Å². The topological polar surface area (TPSA) is 73.0 Å².